The Balaban J connectivity index is 1.95. The lowest BCUT2D eigenvalue weighted by atomic mass is 9.93. The first-order chi connectivity index (χ1) is 12.0. The minimum absolute atomic E-state index is 0.0192. The van der Waals surface area contributed by atoms with Gasteiger partial charge in [0.2, 0.25) is 0 Å². The maximum absolute atomic E-state index is 10.3. The van der Waals surface area contributed by atoms with Crippen molar-refractivity contribution in [3.05, 3.63) is 58.6 Å². The quantitative estimate of drug-likeness (QED) is 0.842. The summed E-state index contributed by atoms with van der Waals surface area (Å²) in [5, 5.41) is 14.4. The van der Waals surface area contributed by atoms with Crippen molar-refractivity contribution in [3.8, 4) is 11.5 Å². The Kier molecular flexibility index (Phi) is 5.30. The number of phenolic OH excluding ortho intramolecular Hbond substituents is 1. The number of aliphatic imine (C=N–C) groups is 1. The molecule has 0 saturated heterocycles. The number of aromatic hydroxyl groups is 1. The maximum atomic E-state index is 10.3. The van der Waals surface area contributed by atoms with Crippen molar-refractivity contribution in [3.63, 3.8) is 0 Å². The highest BCUT2D eigenvalue weighted by Gasteiger charge is 2.28. The molecule has 0 aromatic heterocycles. The SMILES string of the molecule is COc1ccc(C2=NC(C(C)C)NC(c3cc(Cl)ccc3O)C2)cc1. The van der Waals surface area contributed by atoms with E-state index < -0.39 is 0 Å². The summed E-state index contributed by atoms with van der Waals surface area (Å²) in [5.41, 5.74) is 2.89. The van der Waals surface area contributed by atoms with E-state index in [9.17, 15) is 5.11 Å². The molecule has 2 aromatic carbocycles. The number of phenols is 1. The monoisotopic (exact) mass is 358 g/mol. The van der Waals surface area contributed by atoms with Gasteiger partial charge in [0.1, 0.15) is 17.7 Å². The molecule has 3 rings (SSSR count). The fourth-order valence-corrected chi connectivity index (χ4v) is 3.22. The highest BCUT2D eigenvalue weighted by atomic mass is 35.5. The van der Waals surface area contributed by atoms with Crippen LogP contribution in [0.4, 0.5) is 0 Å². The van der Waals surface area contributed by atoms with Crippen molar-refractivity contribution >= 4 is 17.3 Å². The molecule has 1 aliphatic rings. The molecule has 2 atom stereocenters. The number of methoxy groups -OCH3 is 1. The standard InChI is InChI=1S/C20H23ClN2O2/c1-12(2)20-22-17(13-4-7-15(25-3)8-5-13)11-18(23-20)16-10-14(21)6-9-19(16)24/h4-10,12,18,20,23-24H,11H2,1-3H3. The van der Waals surface area contributed by atoms with Gasteiger partial charge in [0.05, 0.1) is 7.11 Å². The highest BCUT2D eigenvalue weighted by molar-refractivity contribution is 6.30. The Hall–Kier alpha value is -2.04. The Bertz CT molecular complexity index is 772. The van der Waals surface area contributed by atoms with Crippen LogP contribution in [0.1, 0.15) is 37.4 Å². The Labute approximate surface area is 153 Å². The van der Waals surface area contributed by atoms with Crippen LogP contribution in [0.15, 0.2) is 47.5 Å². The van der Waals surface area contributed by atoms with E-state index in [2.05, 4.69) is 19.2 Å². The van der Waals surface area contributed by atoms with E-state index >= 15 is 0 Å². The summed E-state index contributed by atoms with van der Waals surface area (Å²) < 4.78 is 5.24. The van der Waals surface area contributed by atoms with Crippen molar-refractivity contribution in [2.24, 2.45) is 10.9 Å². The molecule has 132 valence electrons. The second-order valence-corrected chi connectivity index (χ2v) is 7.06. The zero-order chi connectivity index (χ0) is 18.0. The number of nitrogens with one attached hydrogen (secondary N) is 1. The lowest BCUT2D eigenvalue weighted by molar-refractivity contribution is 0.345. The third-order valence-corrected chi connectivity index (χ3v) is 4.72. The number of halogens is 1. The maximum Gasteiger partial charge on any atom is 0.120 e. The van der Waals surface area contributed by atoms with Crippen molar-refractivity contribution in [2.45, 2.75) is 32.5 Å². The van der Waals surface area contributed by atoms with Gasteiger partial charge in [0.25, 0.3) is 0 Å². The van der Waals surface area contributed by atoms with Crippen LogP contribution < -0.4 is 10.1 Å². The second kappa shape index (κ2) is 7.46. The third kappa shape index (κ3) is 3.97. The predicted molar refractivity (Wildman–Crippen MR) is 102 cm³/mol. The summed E-state index contributed by atoms with van der Waals surface area (Å²) >= 11 is 6.14. The van der Waals surface area contributed by atoms with Gasteiger partial charge in [-0.25, -0.2) is 0 Å². The minimum Gasteiger partial charge on any atom is -0.508 e. The van der Waals surface area contributed by atoms with Crippen LogP contribution in [0.5, 0.6) is 11.5 Å². The molecule has 0 fully saturated rings. The third-order valence-electron chi connectivity index (χ3n) is 4.48. The zero-order valence-electron chi connectivity index (χ0n) is 14.7. The molecule has 1 aliphatic heterocycles. The van der Waals surface area contributed by atoms with E-state index in [-0.39, 0.29) is 18.0 Å². The lowest BCUT2D eigenvalue weighted by Crippen LogP contribution is -2.41. The zero-order valence-corrected chi connectivity index (χ0v) is 15.4. The summed E-state index contributed by atoms with van der Waals surface area (Å²) in [6.07, 6.45) is 0.665. The van der Waals surface area contributed by atoms with E-state index in [0.29, 0.717) is 17.4 Å². The Morgan fingerprint density at radius 3 is 2.56 bits per heavy atom. The molecule has 4 nitrogen and oxygen atoms in total. The van der Waals surface area contributed by atoms with Crippen LogP contribution in [0.25, 0.3) is 0 Å². The number of nitrogens with zero attached hydrogens (tertiary/aromatic N) is 1. The first-order valence-corrected chi connectivity index (χ1v) is 8.81. The van der Waals surface area contributed by atoms with Crippen molar-refractivity contribution in [1.29, 1.82) is 0 Å². The smallest absolute Gasteiger partial charge is 0.120 e. The van der Waals surface area contributed by atoms with E-state index in [1.54, 1.807) is 19.2 Å². The van der Waals surface area contributed by atoms with E-state index in [0.717, 1.165) is 22.6 Å². The van der Waals surface area contributed by atoms with Crippen LogP contribution in [0.2, 0.25) is 5.02 Å². The summed E-state index contributed by atoms with van der Waals surface area (Å²) in [6.45, 7) is 4.26. The fourth-order valence-electron chi connectivity index (χ4n) is 3.04. The Morgan fingerprint density at radius 1 is 1.20 bits per heavy atom. The number of hydrogen-bond acceptors (Lipinski definition) is 4. The van der Waals surface area contributed by atoms with Crippen molar-refractivity contribution < 1.29 is 9.84 Å². The summed E-state index contributed by atoms with van der Waals surface area (Å²) in [4.78, 5) is 4.88. The molecule has 0 bridgehead atoms. The number of benzene rings is 2. The summed E-state index contributed by atoms with van der Waals surface area (Å²) in [6, 6.07) is 13.0. The van der Waals surface area contributed by atoms with Gasteiger partial charge < -0.3 is 9.84 Å². The van der Waals surface area contributed by atoms with Crippen LogP contribution in [-0.4, -0.2) is 24.1 Å². The van der Waals surface area contributed by atoms with Crippen molar-refractivity contribution in [2.75, 3.05) is 7.11 Å². The van der Waals surface area contributed by atoms with Gasteiger partial charge in [-0.1, -0.05) is 25.4 Å². The molecule has 0 aliphatic carbocycles. The molecule has 0 radical (unpaired) electrons. The van der Waals surface area contributed by atoms with Crippen LogP contribution >= 0.6 is 11.6 Å². The molecule has 1 heterocycles. The van der Waals surface area contributed by atoms with E-state index in [4.69, 9.17) is 21.3 Å². The molecule has 2 aromatic rings. The van der Waals surface area contributed by atoms with Crippen LogP contribution in [0, 0.1) is 5.92 Å². The molecule has 2 unspecified atom stereocenters. The highest BCUT2D eigenvalue weighted by Crippen LogP contribution is 2.33. The number of hydrogen-bond donors (Lipinski definition) is 2. The molecule has 0 amide bonds. The first kappa shape index (κ1) is 17.8. The van der Waals surface area contributed by atoms with Crippen molar-refractivity contribution in [1.82, 2.24) is 5.32 Å². The van der Waals surface area contributed by atoms with Crippen LogP contribution in [0.3, 0.4) is 0 Å². The molecule has 0 spiro atoms. The van der Waals surface area contributed by atoms with Gasteiger partial charge in [-0.3, -0.25) is 10.3 Å². The van der Waals surface area contributed by atoms with Gasteiger partial charge in [-0.05, 0) is 53.9 Å². The first-order valence-electron chi connectivity index (χ1n) is 8.43. The molecule has 0 saturated carbocycles. The number of rotatable bonds is 4. The molecule has 5 heteroatoms. The largest absolute Gasteiger partial charge is 0.508 e. The molecule has 25 heavy (non-hydrogen) atoms. The normalized spacial score (nSPS) is 20.4. The van der Waals surface area contributed by atoms with Gasteiger partial charge in [-0.2, -0.15) is 0 Å². The summed E-state index contributed by atoms with van der Waals surface area (Å²) in [7, 11) is 1.66. The summed E-state index contributed by atoms with van der Waals surface area (Å²) in [5.74, 6) is 1.40. The van der Waals surface area contributed by atoms with E-state index in [1.807, 2.05) is 30.3 Å². The molecule has 2 N–H and O–H groups in total. The van der Waals surface area contributed by atoms with E-state index in [1.165, 1.54) is 0 Å². The molecular weight excluding hydrogens is 336 g/mol. The number of ether oxygens (including phenoxy) is 1. The predicted octanol–water partition coefficient (Wildman–Crippen LogP) is 4.56. The Morgan fingerprint density at radius 2 is 1.92 bits per heavy atom. The second-order valence-electron chi connectivity index (χ2n) is 6.62. The topological polar surface area (TPSA) is 53.8 Å². The van der Waals surface area contributed by atoms with Gasteiger partial charge in [0, 0.05) is 28.8 Å². The van der Waals surface area contributed by atoms with Gasteiger partial charge in [0.15, 0.2) is 0 Å². The fraction of sp³-hybridized carbons (Fsp3) is 0.350. The average molecular weight is 359 g/mol. The minimum atomic E-state index is -0.0410. The molecular formula is C20H23ClN2O2. The van der Waals surface area contributed by atoms with Gasteiger partial charge >= 0.3 is 0 Å². The average Bonchev–Trinajstić information content (AvgIpc) is 2.63. The lowest BCUT2D eigenvalue weighted by Gasteiger charge is -2.32. The van der Waals surface area contributed by atoms with Gasteiger partial charge in [-0.15, -0.1) is 0 Å². The van der Waals surface area contributed by atoms with Crippen LogP contribution in [-0.2, 0) is 0 Å².